The third-order valence-electron chi connectivity index (χ3n) is 4.56. The monoisotopic (exact) mass is 277 g/mol. The second-order valence-electron chi connectivity index (χ2n) is 6.17. The molecule has 2 rings (SSSR count). The van der Waals surface area contributed by atoms with Crippen LogP contribution in [-0.2, 0) is 6.54 Å². The predicted molar refractivity (Wildman–Crippen MR) is 78.3 cm³/mol. The summed E-state index contributed by atoms with van der Waals surface area (Å²) in [6, 6.07) is 1.45. The Morgan fingerprint density at radius 3 is 2.45 bits per heavy atom. The van der Waals surface area contributed by atoms with Gasteiger partial charge >= 0.3 is 5.97 Å². The number of carbonyl (C=O) groups is 1. The minimum Gasteiger partial charge on any atom is -0.478 e. The molecule has 1 saturated carbocycles. The van der Waals surface area contributed by atoms with Crippen LogP contribution in [0.2, 0.25) is 0 Å². The zero-order valence-corrected chi connectivity index (χ0v) is 12.5. The molecule has 110 valence electrons. The molecule has 0 atom stereocenters. The maximum absolute atomic E-state index is 12.1. The summed E-state index contributed by atoms with van der Waals surface area (Å²) in [6.07, 6.45) is 4.67. The molecule has 0 amide bonds. The zero-order chi connectivity index (χ0) is 14.9. The van der Waals surface area contributed by atoms with Crippen molar-refractivity contribution in [2.45, 2.75) is 53.0 Å². The smallest absolute Gasteiger partial charge is 0.337 e. The Labute approximate surface area is 119 Å². The van der Waals surface area contributed by atoms with Crippen LogP contribution >= 0.6 is 0 Å². The van der Waals surface area contributed by atoms with Crippen molar-refractivity contribution >= 4 is 5.97 Å². The van der Waals surface area contributed by atoms with Gasteiger partial charge in [-0.1, -0.05) is 19.8 Å². The van der Waals surface area contributed by atoms with Crippen molar-refractivity contribution in [1.82, 2.24) is 4.57 Å². The summed E-state index contributed by atoms with van der Waals surface area (Å²) in [7, 11) is 0. The molecule has 0 unspecified atom stereocenters. The molecule has 0 radical (unpaired) electrons. The van der Waals surface area contributed by atoms with Gasteiger partial charge in [0.25, 0.3) is 5.56 Å². The molecule has 1 heterocycles. The summed E-state index contributed by atoms with van der Waals surface area (Å²) in [5, 5.41) is 9.29. The van der Waals surface area contributed by atoms with Crippen molar-refractivity contribution < 1.29 is 9.90 Å². The van der Waals surface area contributed by atoms with Crippen molar-refractivity contribution in [2.75, 3.05) is 0 Å². The molecule has 1 fully saturated rings. The van der Waals surface area contributed by atoms with E-state index in [1.54, 1.807) is 18.4 Å². The Bertz CT molecular complexity index is 566. The highest BCUT2D eigenvalue weighted by molar-refractivity contribution is 5.90. The standard InChI is InChI=1S/C16H23NO3/c1-10-4-6-13(7-5-10)9-17-12(3)15(16(19)20)11(2)8-14(17)18/h8,10,13H,4-7,9H2,1-3H3,(H,19,20). The van der Waals surface area contributed by atoms with Crippen LogP contribution in [0.3, 0.4) is 0 Å². The molecule has 1 aromatic rings. The van der Waals surface area contributed by atoms with Crippen molar-refractivity contribution in [3.8, 4) is 0 Å². The fraction of sp³-hybridized carbons (Fsp3) is 0.625. The highest BCUT2D eigenvalue weighted by Crippen LogP contribution is 2.29. The van der Waals surface area contributed by atoms with Crippen LogP contribution in [0.1, 0.15) is 54.2 Å². The number of aromatic nitrogens is 1. The molecule has 0 spiro atoms. The van der Waals surface area contributed by atoms with Crippen LogP contribution in [0.4, 0.5) is 0 Å². The first-order valence-electron chi connectivity index (χ1n) is 7.34. The lowest BCUT2D eigenvalue weighted by Gasteiger charge is -2.27. The quantitative estimate of drug-likeness (QED) is 0.924. The van der Waals surface area contributed by atoms with Gasteiger partial charge in [0.15, 0.2) is 0 Å². The van der Waals surface area contributed by atoms with E-state index in [1.807, 2.05) is 0 Å². The first kappa shape index (κ1) is 14.8. The Morgan fingerprint density at radius 2 is 1.90 bits per heavy atom. The first-order valence-corrected chi connectivity index (χ1v) is 7.34. The number of hydrogen-bond acceptors (Lipinski definition) is 2. The van der Waals surface area contributed by atoms with Gasteiger partial charge in [0.1, 0.15) is 0 Å². The van der Waals surface area contributed by atoms with E-state index in [2.05, 4.69) is 6.92 Å². The molecular weight excluding hydrogens is 254 g/mol. The van der Waals surface area contributed by atoms with Gasteiger partial charge < -0.3 is 9.67 Å². The number of carboxylic acid groups (broad SMARTS) is 1. The van der Waals surface area contributed by atoms with E-state index in [9.17, 15) is 14.7 Å². The van der Waals surface area contributed by atoms with Gasteiger partial charge in [0.2, 0.25) is 0 Å². The average Bonchev–Trinajstić information content (AvgIpc) is 2.36. The normalized spacial score (nSPS) is 22.8. The second kappa shape index (κ2) is 5.81. The minimum absolute atomic E-state index is 0.0800. The summed E-state index contributed by atoms with van der Waals surface area (Å²) in [4.78, 5) is 23.5. The molecule has 20 heavy (non-hydrogen) atoms. The summed E-state index contributed by atoms with van der Waals surface area (Å²) < 4.78 is 1.65. The number of aryl methyl sites for hydroxylation is 1. The summed E-state index contributed by atoms with van der Waals surface area (Å²) in [6.45, 7) is 6.34. The van der Waals surface area contributed by atoms with Crippen LogP contribution in [-0.4, -0.2) is 15.6 Å². The van der Waals surface area contributed by atoms with E-state index in [1.165, 1.54) is 18.9 Å². The maximum Gasteiger partial charge on any atom is 0.337 e. The van der Waals surface area contributed by atoms with E-state index >= 15 is 0 Å². The summed E-state index contributed by atoms with van der Waals surface area (Å²) in [5.41, 5.74) is 1.33. The number of hydrogen-bond donors (Lipinski definition) is 1. The van der Waals surface area contributed by atoms with Crippen LogP contribution < -0.4 is 5.56 Å². The van der Waals surface area contributed by atoms with Crippen molar-refractivity contribution in [3.05, 3.63) is 33.2 Å². The first-order chi connectivity index (χ1) is 9.40. The molecule has 0 aromatic carbocycles. The molecule has 4 heteroatoms. The predicted octanol–water partition coefficient (Wildman–Crippen LogP) is 2.99. The van der Waals surface area contributed by atoms with Gasteiger partial charge in [0.05, 0.1) is 5.56 Å². The minimum atomic E-state index is -0.953. The lowest BCUT2D eigenvalue weighted by atomic mass is 9.83. The number of nitrogens with zero attached hydrogens (tertiary/aromatic N) is 1. The van der Waals surface area contributed by atoms with Crippen molar-refractivity contribution in [1.29, 1.82) is 0 Å². The van der Waals surface area contributed by atoms with Gasteiger partial charge in [-0.25, -0.2) is 4.79 Å². The molecule has 0 aliphatic heterocycles. The molecule has 4 nitrogen and oxygen atoms in total. The fourth-order valence-corrected chi connectivity index (χ4v) is 3.24. The molecule has 1 aliphatic carbocycles. The van der Waals surface area contributed by atoms with E-state index in [-0.39, 0.29) is 11.1 Å². The topological polar surface area (TPSA) is 59.3 Å². The lowest BCUT2D eigenvalue weighted by Crippen LogP contribution is -2.29. The van der Waals surface area contributed by atoms with Gasteiger partial charge in [-0.2, -0.15) is 0 Å². The highest BCUT2D eigenvalue weighted by Gasteiger charge is 2.21. The molecular formula is C16H23NO3. The van der Waals surface area contributed by atoms with Crippen molar-refractivity contribution in [2.24, 2.45) is 11.8 Å². The Morgan fingerprint density at radius 1 is 1.30 bits per heavy atom. The van der Waals surface area contributed by atoms with E-state index < -0.39 is 5.97 Å². The molecule has 0 saturated heterocycles. The fourth-order valence-electron chi connectivity index (χ4n) is 3.24. The average molecular weight is 277 g/mol. The molecule has 1 N–H and O–H groups in total. The SMILES string of the molecule is Cc1cc(=O)n(CC2CCC(C)CC2)c(C)c1C(=O)O. The number of rotatable bonds is 3. The van der Waals surface area contributed by atoms with E-state index in [4.69, 9.17) is 0 Å². The third kappa shape index (κ3) is 2.94. The third-order valence-corrected chi connectivity index (χ3v) is 4.56. The Kier molecular flexibility index (Phi) is 4.31. The molecule has 0 bridgehead atoms. The number of carboxylic acids is 1. The molecule has 1 aromatic heterocycles. The summed E-state index contributed by atoms with van der Waals surface area (Å²) in [5.74, 6) is 0.314. The second-order valence-corrected chi connectivity index (χ2v) is 6.17. The van der Waals surface area contributed by atoms with Crippen LogP contribution in [0.25, 0.3) is 0 Å². The lowest BCUT2D eigenvalue weighted by molar-refractivity contribution is 0.0693. The van der Waals surface area contributed by atoms with Crippen LogP contribution in [0.5, 0.6) is 0 Å². The Balaban J connectivity index is 2.30. The largest absolute Gasteiger partial charge is 0.478 e. The highest BCUT2D eigenvalue weighted by atomic mass is 16.4. The van der Waals surface area contributed by atoms with Gasteiger partial charge in [-0.15, -0.1) is 0 Å². The van der Waals surface area contributed by atoms with Crippen LogP contribution in [0.15, 0.2) is 10.9 Å². The van der Waals surface area contributed by atoms with Crippen LogP contribution in [0, 0.1) is 25.7 Å². The number of aromatic carboxylic acids is 1. The van der Waals surface area contributed by atoms with Gasteiger partial charge in [0, 0.05) is 18.3 Å². The zero-order valence-electron chi connectivity index (χ0n) is 12.5. The molecule has 1 aliphatic rings. The van der Waals surface area contributed by atoms with E-state index in [0.29, 0.717) is 23.7 Å². The Hall–Kier alpha value is -1.58. The summed E-state index contributed by atoms with van der Waals surface area (Å²) >= 11 is 0. The van der Waals surface area contributed by atoms with Gasteiger partial charge in [-0.3, -0.25) is 4.79 Å². The maximum atomic E-state index is 12.1. The van der Waals surface area contributed by atoms with Gasteiger partial charge in [-0.05, 0) is 44.1 Å². The van der Waals surface area contributed by atoms with E-state index in [0.717, 1.165) is 18.8 Å². The van der Waals surface area contributed by atoms with Crippen molar-refractivity contribution in [3.63, 3.8) is 0 Å². The number of pyridine rings is 1.